The normalized spacial score (nSPS) is 10.8. The smallest absolute Gasteiger partial charge is 0.0720 e. The van der Waals surface area contributed by atoms with Crippen molar-refractivity contribution in [3.63, 3.8) is 0 Å². The van der Waals surface area contributed by atoms with Crippen LogP contribution >= 0.6 is 0 Å². The minimum atomic E-state index is 0.619. The van der Waals surface area contributed by atoms with E-state index in [9.17, 15) is 0 Å². The molecule has 0 saturated carbocycles. The number of hydrogen-bond acceptors (Lipinski definition) is 3. The summed E-state index contributed by atoms with van der Waals surface area (Å²) in [5, 5.41) is 0. The molecule has 0 N–H and O–H groups in total. The molecular formula is C14H22O3. The molecule has 0 aromatic heterocycles. The van der Waals surface area contributed by atoms with Crippen LogP contribution < -0.4 is 0 Å². The monoisotopic (exact) mass is 238 g/mol. The minimum Gasteiger partial charge on any atom is -0.382 e. The van der Waals surface area contributed by atoms with E-state index in [-0.39, 0.29) is 0 Å². The zero-order valence-electron chi connectivity index (χ0n) is 11.0. The van der Waals surface area contributed by atoms with E-state index in [1.54, 1.807) is 7.11 Å². The highest BCUT2D eigenvalue weighted by Crippen LogP contribution is 2.11. The van der Waals surface area contributed by atoms with E-state index < -0.39 is 0 Å². The van der Waals surface area contributed by atoms with Crippen molar-refractivity contribution < 1.29 is 14.2 Å². The maximum absolute atomic E-state index is 5.57. The van der Waals surface area contributed by atoms with Crippen molar-refractivity contribution in [2.45, 2.75) is 20.5 Å². The fourth-order valence-corrected chi connectivity index (χ4v) is 1.50. The first-order valence-electron chi connectivity index (χ1n) is 5.94. The zero-order valence-corrected chi connectivity index (χ0v) is 11.0. The lowest BCUT2D eigenvalue weighted by Gasteiger charge is -2.08. The molecule has 0 amide bonds. The molecule has 0 atom stereocenters. The molecule has 96 valence electrons. The molecule has 0 aliphatic heterocycles. The third-order valence-electron chi connectivity index (χ3n) is 2.57. The number of ether oxygens (including phenoxy) is 3. The van der Waals surface area contributed by atoms with Gasteiger partial charge in [-0.25, -0.2) is 0 Å². The van der Waals surface area contributed by atoms with Gasteiger partial charge in [0.25, 0.3) is 0 Å². The SMILES string of the molecule is COCCOCCOCc1cc(C)ccc1C. The molecular weight excluding hydrogens is 216 g/mol. The van der Waals surface area contributed by atoms with Gasteiger partial charge in [0.15, 0.2) is 0 Å². The summed E-state index contributed by atoms with van der Waals surface area (Å²) < 4.78 is 15.8. The third-order valence-corrected chi connectivity index (χ3v) is 2.57. The van der Waals surface area contributed by atoms with E-state index in [2.05, 4.69) is 32.0 Å². The van der Waals surface area contributed by atoms with Crippen molar-refractivity contribution in [2.24, 2.45) is 0 Å². The van der Waals surface area contributed by atoms with Crippen LogP contribution in [0.25, 0.3) is 0 Å². The second-order valence-electron chi connectivity index (χ2n) is 4.09. The Morgan fingerprint density at radius 2 is 1.65 bits per heavy atom. The van der Waals surface area contributed by atoms with Gasteiger partial charge >= 0.3 is 0 Å². The van der Waals surface area contributed by atoms with Gasteiger partial charge in [-0.1, -0.05) is 23.8 Å². The molecule has 1 rings (SSSR count). The van der Waals surface area contributed by atoms with Gasteiger partial charge in [0.1, 0.15) is 0 Å². The van der Waals surface area contributed by atoms with Crippen LogP contribution in [0.5, 0.6) is 0 Å². The van der Waals surface area contributed by atoms with Crippen molar-refractivity contribution in [3.05, 3.63) is 34.9 Å². The molecule has 1 aromatic carbocycles. The summed E-state index contributed by atoms with van der Waals surface area (Å²) >= 11 is 0. The van der Waals surface area contributed by atoms with Gasteiger partial charge in [-0.05, 0) is 25.0 Å². The Balaban J connectivity index is 2.15. The number of rotatable bonds is 8. The van der Waals surface area contributed by atoms with E-state index in [0.717, 1.165) is 0 Å². The molecule has 0 bridgehead atoms. The van der Waals surface area contributed by atoms with Gasteiger partial charge in [-0.3, -0.25) is 0 Å². The predicted molar refractivity (Wildman–Crippen MR) is 68.3 cm³/mol. The molecule has 0 fully saturated rings. The molecule has 1 aromatic rings. The summed E-state index contributed by atoms with van der Waals surface area (Å²) in [6, 6.07) is 6.41. The molecule has 17 heavy (non-hydrogen) atoms. The molecule has 3 nitrogen and oxygen atoms in total. The highest BCUT2D eigenvalue weighted by atomic mass is 16.5. The van der Waals surface area contributed by atoms with Crippen LogP contribution in [0.2, 0.25) is 0 Å². The predicted octanol–water partition coefficient (Wildman–Crippen LogP) is 2.48. The second kappa shape index (κ2) is 8.23. The van der Waals surface area contributed by atoms with Crippen LogP contribution in [0, 0.1) is 13.8 Å². The Kier molecular flexibility index (Phi) is 6.86. The summed E-state index contributed by atoms with van der Waals surface area (Å²) in [5.74, 6) is 0. The van der Waals surface area contributed by atoms with Crippen molar-refractivity contribution >= 4 is 0 Å². The standard InChI is InChI=1S/C14H22O3/c1-12-4-5-13(2)14(10-12)11-17-9-8-16-7-6-15-3/h4-5,10H,6-9,11H2,1-3H3. The average molecular weight is 238 g/mol. The lowest BCUT2D eigenvalue weighted by atomic mass is 10.1. The summed E-state index contributed by atoms with van der Waals surface area (Å²) in [6.07, 6.45) is 0. The van der Waals surface area contributed by atoms with E-state index in [4.69, 9.17) is 14.2 Å². The van der Waals surface area contributed by atoms with Gasteiger partial charge in [0.05, 0.1) is 33.0 Å². The molecule has 0 spiro atoms. The first kappa shape index (κ1) is 14.2. The lowest BCUT2D eigenvalue weighted by Crippen LogP contribution is -2.08. The number of aryl methyl sites for hydroxylation is 2. The third kappa shape index (κ3) is 5.82. The highest BCUT2D eigenvalue weighted by Gasteiger charge is 1.98. The molecule has 0 aliphatic carbocycles. The van der Waals surface area contributed by atoms with Crippen molar-refractivity contribution in [2.75, 3.05) is 33.5 Å². The average Bonchev–Trinajstić information content (AvgIpc) is 2.32. The van der Waals surface area contributed by atoms with E-state index in [1.165, 1.54) is 16.7 Å². The fraction of sp³-hybridized carbons (Fsp3) is 0.571. The summed E-state index contributed by atoms with van der Waals surface area (Å²) in [7, 11) is 1.67. The van der Waals surface area contributed by atoms with Crippen LogP contribution in [0.4, 0.5) is 0 Å². The summed E-state index contributed by atoms with van der Waals surface area (Å²) in [5.41, 5.74) is 3.79. The topological polar surface area (TPSA) is 27.7 Å². The van der Waals surface area contributed by atoms with Gasteiger partial charge < -0.3 is 14.2 Å². The largest absolute Gasteiger partial charge is 0.382 e. The summed E-state index contributed by atoms with van der Waals surface area (Å²) in [6.45, 7) is 7.36. The van der Waals surface area contributed by atoms with Gasteiger partial charge in [-0.2, -0.15) is 0 Å². The quantitative estimate of drug-likeness (QED) is 0.651. The Bertz CT molecular complexity index is 323. The van der Waals surface area contributed by atoms with E-state index in [1.807, 2.05) is 0 Å². The maximum Gasteiger partial charge on any atom is 0.0720 e. The van der Waals surface area contributed by atoms with E-state index >= 15 is 0 Å². The van der Waals surface area contributed by atoms with Gasteiger partial charge in [0.2, 0.25) is 0 Å². The minimum absolute atomic E-state index is 0.619. The van der Waals surface area contributed by atoms with E-state index in [0.29, 0.717) is 33.0 Å². The molecule has 0 unspecified atom stereocenters. The number of benzene rings is 1. The van der Waals surface area contributed by atoms with Crippen LogP contribution in [0.1, 0.15) is 16.7 Å². The highest BCUT2D eigenvalue weighted by molar-refractivity contribution is 5.29. The Morgan fingerprint density at radius 1 is 0.941 bits per heavy atom. The molecule has 3 heteroatoms. The Morgan fingerprint density at radius 3 is 2.41 bits per heavy atom. The van der Waals surface area contributed by atoms with Gasteiger partial charge in [0, 0.05) is 7.11 Å². The number of hydrogen-bond donors (Lipinski definition) is 0. The number of methoxy groups -OCH3 is 1. The summed E-state index contributed by atoms with van der Waals surface area (Å²) in [4.78, 5) is 0. The Labute approximate surface area is 104 Å². The molecule has 0 saturated heterocycles. The first-order valence-corrected chi connectivity index (χ1v) is 5.94. The zero-order chi connectivity index (χ0) is 12.5. The first-order chi connectivity index (χ1) is 8.24. The van der Waals surface area contributed by atoms with Crippen molar-refractivity contribution in [1.82, 2.24) is 0 Å². The Hall–Kier alpha value is -0.900. The van der Waals surface area contributed by atoms with Crippen LogP contribution in [0.15, 0.2) is 18.2 Å². The lowest BCUT2D eigenvalue weighted by molar-refractivity contribution is 0.0198. The van der Waals surface area contributed by atoms with Crippen molar-refractivity contribution in [3.8, 4) is 0 Å². The van der Waals surface area contributed by atoms with Crippen LogP contribution in [-0.4, -0.2) is 33.5 Å². The molecule has 0 radical (unpaired) electrons. The van der Waals surface area contributed by atoms with Crippen molar-refractivity contribution in [1.29, 1.82) is 0 Å². The second-order valence-corrected chi connectivity index (χ2v) is 4.09. The molecule has 0 heterocycles. The molecule has 0 aliphatic rings. The van der Waals surface area contributed by atoms with Gasteiger partial charge in [-0.15, -0.1) is 0 Å². The van der Waals surface area contributed by atoms with Crippen LogP contribution in [-0.2, 0) is 20.8 Å². The fourth-order valence-electron chi connectivity index (χ4n) is 1.50. The maximum atomic E-state index is 5.57. The van der Waals surface area contributed by atoms with Crippen LogP contribution in [0.3, 0.4) is 0 Å².